The summed E-state index contributed by atoms with van der Waals surface area (Å²) in [6.07, 6.45) is 2.04. The molecule has 2 aromatic rings. The van der Waals surface area contributed by atoms with Gasteiger partial charge in [-0.25, -0.2) is 0 Å². The summed E-state index contributed by atoms with van der Waals surface area (Å²) in [6.45, 7) is 3.16. The van der Waals surface area contributed by atoms with Crippen molar-refractivity contribution in [2.45, 2.75) is 25.4 Å². The summed E-state index contributed by atoms with van der Waals surface area (Å²) in [4.78, 5) is 13.7. The molecule has 0 radical (unpaired) electrons. The van der Waals surface area contributed by atoms with Gasteiger partial charge >= 0.3 is 5.97 Å². The predicted octanol–water partition coefficient (Wildman–Crippen LogP) is 3.21. The number of carbonyl (C=O) groups excluding carboxylic acids is 1. The number of methoxy groups -OCH3 is 2. The predicted molar refractivity (Wildman–Crippen MR) is 108 cm³/mol. The third-order valence-corrected chi connectivity index (χ3v) is 4.95. The maximum atomic E-state index is 11.2. The van der Waals surface area contributed by atoms with E-state index in [-0.39, 0.29) is 12.5 Å². The van der Waals surface area contributed by atoms with Crippen LogP contribution in [0.2, 0.25) is 0 Å². The highest BCUT2D eigenvalue weighted by Gasteiger charge is 2.19. The van der Waals surface area contributed by atoms with Gasteiger partial charge in [-0.15, -0.1) is 0 Å². The van der Waals surface area contributed by atoms with Crippen LogP contribution in [0.1, 0.15) is 18.4 Å². The molecule has 28 heavy (non-hydrogen) atoms. The lowest BCUT2D eigenvalue weighted by Gasteiger charge is -2.32. The van der Waals surface area contributed by atoms with Gasteiger partial charge in [-0.05, 0) is 55.8 Å². The lowest BCUT2D eigenvalue weighted by molar-refractivity contribution is -0.139. The Morgan fingerprint density at radius 3 is 2.54 bits per heavy atom. The maximum Gasteiger partial charge on any atom is 0.319 e. The van der Waals surface area contributed by atoms with Crippen molar-refractivity contribution in [2.24, 2.45) is 0 Å². The third-order valence-electron chi connectivity index (χ3n) is 4.95. The fraction of sp³-hybridized carbons (Fsp3) is 0.409. The number of para-hydroxylation sites is 2. The number of ether oxygens (including phenoxy) is 3. The van der Waals surface area contributed by atoms with Crippen LogP contribution in [-0.4, -0.2) is 50.8 Å². The van der Waals surface area contributed by atoms with Crippen molar-refractivity contribution in [3.63, 3.8) is 0 Å². The molecule has 1 N–H and O–H groups in total. The molecule has 0 atom stereocenters. The summed E-state index contributed by atoms with van der Waals surface area (Å²) in [5.74, 6) is 2.01. The zero-order valence-corrected chi connectivity index (χ0v) is 16.5. The van der Waals surface area contributed by atoms with Crippen molar-refractivity contribution < 1.29 is 19.0 Å². The van der Waals surface area contributed by atoms with Crippen LogP contribution in [-0.2, 0) is 16.1 Å². The van der Waals surface area contributed by atoms with Crippen LogP contribution >= 0.6 is 0 Å². The highest BCUT2D eigenvalue weighted by molar-refractivity contribution is 5.71. The number of likely N-dealkylation sites (tertiary alicyclic amines) is 1. The van der Waals surface area contributed by atoms with Gasteiger partial charge in [0.05, 0.1) is 20.8 Å². The second-order valence-electron chi connectivity index (χ2n) is 6.91. The Morgan fingerprint density at radius 1 is 1.07 bits per heavy atom. The summed E-state index contributed by atoms with van der Waals surface area (Å²) in [6, 6.07) is 16.2. The molecule has 3 rings (SSSR count). The minimum Gasteiger partial charge on any atom is -0.493 e. The van der Waals surface area contributed by atoms with Gasteiger partial charge in [0.2, 0.25) is 0 Å². The van der Waals surface area contributed by atoms with Crippen LogP contribution in [0, 0.1) is 0 Å². The van der Waals surface area contributed by atoms with Crippen LogP contribution < -0.4 is 14.8 Å². The average Bonchev–Trinajstić information content (AvgIpc) is 2.73. The van der Waals surface area contributed by atoms with E-state index in [9.17, 15) is 4.79 Å². The Balaban J connectivity index is 1.52. The number of carbonyl (C=O) groups is 1. The molecular formula is C22H28N2O4. The molecule has 0 aliphatic carbocycles. The molecule has 2 aromatic carbocycles. The Morgan fingerprint density at radius 2 is 1.82 bits per heavy atom. The average molecular weight is 384 g/mol. The molecule has 6 nitrogen and oxygen atoms in total. The van der Waals surface area contributed by atoms with Gasteiger partial charge in [0.15, 0.2) is 11.5 Å². The molecule has 1 fully saturated rings. The van der Waals surface area contributed by atoms with Crippen LogP contribution in [0.15, 0.2) is 48.5 Å². The molecule has 1 saturated heterocycles. The normalized spacial score (nSPS) is 15.2. The molecule has 1 aliphatic heterocycles. The second kappa shape index (κ2) is 10.1. The van der Waals surface area contributed by atoms with Crippen LogP contribution in [0.3, 0.4) is 0 Å². The van der Waals surface area contributed by atoms with E-state index in [1.165, 1.54) is 12.7 Å². The number of hydrogen-bond acceptors (Lipinski definition) is 6. The first-order valence-corrected chi connectivity index (χ1v) is 9.60. The number of rotatable bonds is 8. The smallest absolute Gasteiger partial charge is 0.319 e. The van der Waals surface area contributed by atoms with Crippen molar-refractivity contribution in [1.82, 2.24) is 10.2 Å². The molecule has 0 amide bonds. The topological polar surface area (TPSA) is 60.0 Å². The Bertz CT molecular complexity index is 773. The number of nitrogens with zero attached hydrogens (tertiary/aromatic N) is 1. The van der Waals surface area contributed by atoms with Gasteiger partial charge in [-0.3, -0.25) is 9.69 Å². The summed E-state index contributed by atoms with van der Waals surface area (Å²) in [5.41, 5.74) is 1.22. The first kappa shape index (κ1) is 20.2. The van der Waals surface area contributed by atoms with Gasteiger partial charge in [0, 0.05) is 12.6 Å². The highest BCUT2D eigenvalue weighted by atomic mass is 16.5. The molecule has 0 aromatic heterocycles. The first-order chi connectivity index (χ1) is 13.7. The zero-order chi connectivity index (χ0) is 19.8. The first-order valence-electron chi connectivity index (χ1n) is 9.60. The number of hydrogen-bond donors (Lipinski definition) is 1. The van der Waals surface area contributed by atoms with E-state index in [0.29, 0.717) is 11.8 Å². The van der Waals surface area contributed by atoms with Gasteiger partial charge < -0.3 is 19.5 Å². The van der Waals surface area contributed by atoms with Crippen LogP contribution in [0.5, 0.6) is 17.2 Å². The molecule has 0 bridgehead atoms. The summed E-state index contributed by atoms with van der Waals surface area (Å²) in [5, 5.41) is 3.27. The molecular weight excluding hydrogens is 356 g/mol. The van der Waals surface area contributed by atoms with E-state index < -0.39 is 0 Å². The minimum atomic E-state index is -0.214. The molecule has 0 saturated carbocycles. The molecule has 0 spiro atoms. The monoisotopic (exact) mass is 384 g/mol. The van der Waals surface area contributed by atoms with E-state index >= 15 is 0 Å². The zero-order valence-electron chi connectivity index (χ0n) is 16.5. The van der Waals surface area contributed by atoms with Gasteiger partial charge in [0.1, 0.15) is 5.75 Å². The largest absolute Gasteiger partial charge is 0.493 e. The lowest BCUT2D eigenvalue weighted by Crippen LogP contribution is -2.43. The number of esters is 1. The van der Waals surface area contributed by atoms with Crippen molar-refractivity contribution in [3.05, 3.63) is 54.1 Å². The fourth-order valence-electron chi connectivity index (χ4n) is 3.39. The second-order valence-corrected chi connectivity index (χ2v) is 6.91. The quantitative estimate of drug-likeness (QED) is 0.706. The Hall–Kier alpha value is -2.57. The van der Waals surface area contributed by atoms with Gasteiger partial charge in [0.25, 0.3) is 0 Å². The lowest BCUT2D eigenvalue weighted by atomic mass is 10.0. The minimum absolute atomic E-state index is 0.214. The van der Waals surface area contributed by atoms with Crippen molar-refractivity contribution >= 4 is 5.97 Å². The third kappa shape index (κ3) is 5.71. The van der Waals surface area contributed by atoms with E-state index in [1.54, 1.807) is 7.11 Å². The fourth-order valence-corrected chi connectivity index (χ4v) is 3.39. The number of benzene rings is 2. The van der Waals surface area contributed by atoms with Crippen molar-refractivity contribution in [3.8, 4) is 17.2 Å². The van der Waals surface area contributed by atoms with Gasteiger partial charge in [-0.1, -0.05) is 24.3 Å². The van der Waals surface area contributed by atoms with Crippen LogP contribution in [0.4, 0.5) is 0 Å². The molecule has 6 heteroatoms. The van der Waals surface area contributed by atoms with Gasteiger partial charge in [-0.2, -0.15) is 0 Å². The molecule has 0 unspecified atom stereocenters. The van der Waals surface area contributed by atoms with Crippen molar-refractivity contribution in [2.75, 3.05) is 33.9 Å². The van der Waals surface area contributed by atoms with E-state index in [4.69, 9.17) is 9.47 Å². The number of nitrogens with one attached hydrogen (secondary N) is 1. The van der Waals surface area contributed by atoms with E-state index in [1.807, 2.05) is 36.4 Å². The molecule has 1 aliphatic rings. The summed E-state index contributed by atoms with van der Waals surface area (Å²) >= 11 is 0. The SMILES string of the molecule is COC(=O)CNC1CCN(Cc2cccc(Oc3ccccc3OC)c2)CC1. The molecule has 150 valence electrons. The van der Waals surface area contributed by atoms with Crippen molar-refractivity contribution in [1.29, 1.82) is 0 Å². The summed E-state index contributed by atoms with van der Waals surface area (Å²) in [7, 11) is 3.06. The summed E-state index contributed by atoms with van der Waals surface area (Å²) < 4.78 is 16.0. The Kier molecular flexibility index (Phi) is 7.28. The standard InChI is InChI=1S/C22H28N2O4/c1-26-20-8-3-4-9-21(20)28-19-7-5-6-17(14-19)16-24-12-10-18(11-13-24)23-15-22(25)27-2/h3-9,14,18,23H,10-13,15-16H2,1-2H3. The maximum absolute atomic E-state index is 11.2. The highest BCUT2D eigenvalue weighted by Crippen LogP contribution is 2.31. The molecule has 1 heterocycles. The van der Waals surface area contributed by atoms with Crippen LogP contribution in [0.25, 0.3) is 0 Å². The Labute approximate surface area is 166 Å². The van der Waals surface area contributed by atoms with E-state index in [0.717, 1.165) is 44.0 Å². The van der Waals surface area contributed by atoms with E-state index in [2.05, 4.69) is 27.1 Å². The number of piperidine rings is 1.